The topological polar surface area (TPSA) is 64.9 Å². The second kappa shape index (κ2) is 4.42. The summed E-state index contributed by atoms with van der Waals surface area (Å²) in [4.78, 5) is 4.15. The molecule has 0 amide bonds. The van der Waals surface area contributed by atoms with Gasteiger partial charge in [0.25, 0.3) is 5.89 Å². The molecule has 0 saturated heterocycles. The fourth-order valence-corrected chi connectivity index (χ4v) is 1.88. The average Bonchev–Trinajstić information content (AvgIpc) is 2.70. The van der Waals surface area contributed by atoms with Gasteiger partial charge in [0.15, 0.2) is 5.82 Å². The maximum Gasteiger partial charge on any atom is 0.259 e. The van der Waals surface area contributed by atoms with E-state index in [0.29, 0.717) is 11.7 Å². The fraction of sp³-hybridized carbons (Fsp3) is 0.111. The van der Waals surface area contributed by atoms with E-state index < -0.39 is 0 Å². The van der Waals surface area contributed by atoms with E-state index in [2.05, 4.69) is 42.0 Å². The molecule has 2 rings (SSSR count). The predicted octanol–water partition coefficient (Wildman–Crippen LogP) is 2.72. The van der Waals surface area contributed by atoms with Gasteiger partial charge in [-0.3, -0.25) is 0 Å². The molecule has 0 unspecified atom stereocenters. The Morgan fingerprint density at radius 1 is 1.33 bits per heavy atom. The molecule has 4 nitrogen and oxygen atoms in total. The zero-order valence-corrected chi connectivity index (χ0v) is 10.7. The minimum atomic E-state index is 0.273. The summed E-state index contributed by atoms with van der Waals surface area (Å²) >= 11 is 6.80. The number of aromatic nitrogens is 2. The molecule has 0 saturated carbocycles. The number of hydrogen-bond donors (Lipinski definition) is 1. The van der Waals surface area contributed by atoms with Crippen molar-refractivity contribution < 1.29 is 4.52 Å². The molecule has 2 aromatic rings. The standard InChI is InChI=1S/C9H7Br2N3O/c10-5-1-2-7(11)6(3-5)9-13-8(4-12)14-15-9/h1-3H,4,12H2. The second-order valence-corrected chi connectivity index (χ2v) is 4.61. The first kappa shape index (κ1) is 10.8. The van der Waals surface area contributed by atoms with Gasteiger partial charge in [0.05, 0.1) is 12.1 Å². The molecule has 0 spiro atoms. The van der Waals surface area contributed by atoms with Gasteiger partial charge in [0.2, 0.25) is 0 Å². The molecule has 78 valence electrons. The number of hydrogen-bond acceptors (Lipinski definition) is 4. The van der Waals surface area contributed by atoms with Gasteiger partial charge < -0.3 is 10.3 Å². The molecule has 0 atom stereocenters. The van der Waals surface area contributed by atoms with E-state index in [-0.39, 0.29) is 6.54 Å². The Kier molecular flexibility index (Phi) is 3.18. The molecule has 6 heteroatoms. The van der Waals surface area contributed by atoms with Crippen LogP contribution in [0.5, 0.6) is 0 Å². The van der Waals surface area contributed by atoms with E-state index in [1.807, 2.05) is 18.2 Å². The van der Waals surface area contributed by atoms with Crippen LogP contribution in [0, 0.1) is 0 Å². The van der Waals surface area contributed by atoms with Gasteiger partial charge >= 0.3 is 0 Å². The van der Waals surface area contributed by atoms with Crippen molar-refractivity contribution in [2.45, 2.75) is 6.54 Å². The number of rotatable bonds is 2. The van der Waals surface area contributed by atoms with E-state index in [1.54, 1.807) is 0 Å². The third-order valence-corrected chi connectivity index (χ3v) is 2.99. The van der Waals surface area contributed by atoms with Gasteiger partial charge in [-0.2, -0.15) is 4.98 Å². The van der Waals surface area contributed by atoms with Gasteiger partial charge in [-0.05, 0) is 34.1 Å². The first-order valence-corrected chi connectivity index (χ1v) is 5.77. The molecular formula is C9H7Br2N3O. The third-order valence-electron chi connectivity index (χ3n) is 1.81. The Hall–Kier alpha value is -0.720. The van der Waals surface area contributed by atoms with E-state index in [4.69, 9.17) is 10.3 Å². The Labute approximate surface area is 103 Å². The maximum atomic E-state index is 5.40. The van der Waals surface area contributed by atoms with Crippen molar-refractivity contribution in [2.24, 2.45) is 5.73 Å². The smallest absolute Gasteiger partial charge is 0.259 e. The van der Waals surface area contributed by atoms with E-state index in [1.165, 1.54) is 0 Å². The van der Waals surface area contributed by atoms with E-state index >= 15 is 0 Å². The van der Waals surface area contributed by atoms with Crippen molar-refractivity contribution in [3.63, 3.8) is 0 Å². The molecular weight excluding hydrogens is 326 g/mol. The number of benzene rings is 1. The summed E-state index contributed by atoms with van der Waals surface area (Å²) in [5.41, 5.74) is 6.25. The van der Waals surface area contributed by atoms with Crippen molar-refractivity contribution in [3.8, 4) is 11.5 Å². The lowest BCUT2D eigenvalue weighted by Crippen LogP contribution is -1.97. The summed E-state index contributed by atoms with van der Waals surface area (Å²) in [6, 6.07) is 5.73. The molecule has 0 aliphatic carbocycles. The molecule has 0 aliphatic heterocycles. The molecule has 0 bridgehead atoms. The van der Waals surface area contributed by atoms with Crippen LogP contribution < -0.4 is 5.73 Å². The first-order chi connectivity index (χ1) is 7.20. The highest BCUT2D eigenvalue weighted by Crippen LogP contribution is 2.29. The Balaban J connectivity index is 2.48. The summed E-state index contributed by atoms with van der Waals surface area (Å²) in [5, 5.41) is 3.73. The molecule has 1 aromatic carbocycles. The third kappa shape index (κ3) is 2.27. The van der Waals surface area contributed by atoms with Crippen LogP contribution >= 0.6 is 31.9 Å². The van der Waals surface area contributed by atoms with Crippen LogP contribution in [-0.2, 0) is 6.54 Å². The van der Waals surface area contributed by atoms with Crippen LogP contribution in [0.3, 0.4) is 0 Å². The highest BCUT2D eigenvalue weighted by Gasteiger charge is 2.11. The van der Waals surface area contributed by atoms with Crippen LogP contribution in [0.1, 0.15) is 5.82 Å². The van der Waals surface area contributed by atoms with Crippen LogP contribution in [0.4, 0.5) is 0 Å². The van der Waals surface area contributed by atoms with Gasteiger partial charge in [0.1, 0.15) is 0 Å². The minimum Gasteiger partial charge on any atom is -0.334 e. The Morgan fingerprint density at radius 2 is 2.13 bits per heavy atom. The molecule has 1 aromatic heterocycles. The maximum absolute atomic E-state index is 5.40. The van der Waals surface area contributed by atoms with Crippen molar-refractivity contribution >= 4 is 31.9 Å². The van der Waals surface area contributed by atoms with Crippen LogP contribution in [0.25, 0.3) is 11.5 Å². The van der Waals surface area contributed by atoms with Gasteiger partial charge in [-0.25, -0.2) is 0 Å². The lowest BCUT2D eigenvalue weighted by molar-refractivity contribution is 0.422. The molecule has 2 N–H and O–H groups in total. The van der Waals surface area contributed by atoms with Crippen molar-refractivity contribution in [3.05, 3.63) is 33.0 Å². The summed E-state index contributed by atoms with van der Waals surface area (Å²) < 4.78 is 6.94. The van der Waals surface area contributed by atoms with Crippen molar-refractivity contribution in [2.75, 3.05) is 0 Å². The second-order valence-electron chi connectivity index (χ2n) is 2.84. The van der Waals surface area contributed by atoms with Crippen LogP contribution in [-0.4, -0.2) is 10.1 Å². The Morgan fingerprint density at radius 3 is 2.80 bits per heavy atom. The minimum absolute atomic E-state index is 0.273. The quantitative estimate of drug-likeness (QED) is 0.918. The SMILES string of the molecule is NCc1noc(-c2cc(Br)ccc2Br)n1. The van der Waals surface area contributed by atoms with Crippen LogP contribution in [0.15, 0.2) is 31.7 Å². The molecule has 0 aliphatic rings. The van der Waals surface area contributed by atoms with Gasteiger partial charge in [0, 0.05) is 8.95 Å². The number of nitrogens with two attached hydrogens (primary N) is 1. The fourth-order valence-electron chi connectivity index (χ4n) is 1.11. The normalized spacial score (nSPS) is 10.6. The average molecular weight is 333 g/mol. The largest absolute Gasteiger partial charge is 0.334 e. The molecule has 0 radical (unpaired) electrons. The van der Waals surface area contributed by atoms with Gasteiger partial charge in [-0.15, -0.1) is 0 Å². The summed E-state index contributed by atoms with van der Waals surface area (Å²) in [6.45, 7) is 0.273. The predicted molar refractivity (Wildman–Crippen MR) is 63.0 cm³/mol. The highest BCUT2D eigenvalue weighted by molar-refractivity contribution is 9.11. The summed E-state index contributed by atoms with van der Waals surface area (Å²) in [6.07, 6.45) is 0. The molecule has 15 heavy (non-hydrogen) atoms. The van der Waals surface area contributed by atoms with Crippen molar-refractivity contribution in [1.29, 1.82) is 0 Å². The highest BCUT2D eigenvalue weighted by atomic mass is 79.9. The lowest BCUT2D eigenvalue weighted by atomic mass is 10.2. The lowest BCUT2D eigenvalue weighted by Gasteiger charge is -1.98. The monoisotopic (exact) mass is 331 g/mol. The zero-order valence-electron chi connectivity index (χ0n) is 7.58. The summed E-state index contributed by atoms with van der Waals surface area (Å²) in [5.74, 6) is 0.959. The molecule has 1 heterocycles. The molecule has 0 fully saturated rings. The van der Waals surface area contributed by atoms with Crippen molar-refractivity contribution in [1.82, 2.24) is 10.1 Å². The van der Waals surface area contributed by atoms with E-state index in [9.17, 15) is 0 Å². The first-order valence-electron chi connectivity index (χ1n) is 4.19. The Bertz CT molecular complexity index is 484. The zero-order chi connectivity index (χ0) is 10.8. The number of nitrogens with zero attached hydrogens (tertiary/aromatic N) is 2. The van der Waals surface area contributed by atoms with Gasteiger partial charge in [-0.1, -0.05) is 21.1 Å². The van der Waals surface area contributed by atoms with E-state index in [0.717, 1.165) is 14.5 Å². The van der Waals surface area contributed by atoms with Crippen LogP contribution in [0.2, 0.25) is 0 Å². The number of halogens is 2. The summed E-state index contributed by atoms with van der Waals surface area (Å²) in [7, 11) is 0.